The lowest BCUT2D eigenvalue weighted by molar-refractivity contribution is 0.174. The summed E-state index contributed by atoms with van der Waals surface area (Å²) < 4.78 is 27.2. The van der Waals surface area contributed by atoms with Gasteiger partial charge in [-0.05, 0) is 23.8 Å². The minimum absolute atomic E-state index is 0.0858. The molecule has 9 nitrogen and oxygen atoms in total. The van der Waals surface area contributed by atoms with E-state index in [-0.39, 0.29) is 6.79 Å². The highest BCUT2D eigenvalue weighted by atomic mass is 16.7. The number of hydrogen-bond acceptors (Lipinski definition) is 9. The molecule has 0 spiro atoms. The Morgan fingerprint density at radius 3 is 2.07 bits per heavy atom. The van der Waals surface area contributed by atoms with E-state index in [4.69, 9.17) is 34.1 Å². The Kier molecular flexibility index (Phi) is 5.20. The zero-order valence-electron chi connectivity index (χ0n) is 14.9. The fourth-order valence-corrected chi connectivity index (χ4v) is 2.96. The van der Waals surface area contributed by atoms with E-state index in [1.165, 1.54) is 33.8 Å². The summed E-state index contributed by atoms with van der Waals surface area (Å²) in [7, 11) is 4.45. The van der Waals surface area contributed by atoms with E-state index in [1.807, 2.05) is 0 Å². The van der Waals surface area contributed by atoms with E-state index in [0.29, 0.717) is 51.0 Å². The zero-order chi connectivity index (χ0) is 19.4. The molecule has 1 aliphatic heterocycles. The number of hydrogen-bond donors (Lipinski definition) is 2. The van der Waals surface area contributed by atoms with Crippen LogP contribution in [0.4, 0.5) is 0 Å². The lowest BCUT2D eigenvalue weighted by Gasteiger charge is -2.19. The highest BCUT2D eigenvalue weighted by Gasteiger charge is 2.25. The summed E-state index contributed by atoms with van der Waals surface area (Å²) in [4.78, 5) is 0. The maximum atomic E-state index is 9.12. The van der Waals surface area contributed by atoms with Crippen LogP contribution in [0.2, 0.25) is 0 Å². The Morgan fingerprint density at radius 1 is 0.852 bits per heavy atom. The van der Waals surface area contributed by atoms with Crippen molar-refractivity contribution in [2.45, 2.75) is 0 Å². The maximum Gasteiger partial charge on any atom is 0.231 e. The summed E-state index contributed by atoms with van der Waals surface area (Å²) in [5.41, 5.74) is 2.13. The molecular formula is C18H18N2O7. The summed E-state index contributed by atoms with van der Waals surface area (Å²) >= 11 is 0. The van der Waals surface area contributed by atoms with E-state index < -0.39 is 0 Å². The first-order valence-electron chi connectivity index (χ1n) is 7.80. The van der Waals surface area contributed by atoms with Crippen LogP contribution in [0, 0.1) is 0 Å². The topological polar surface area (TPSA) is 111 Å². The molecule has 1 heterocycles. The third-order valence-corrected chi connectivity index (χ3v) is 4.07. The van der Waals surface area contributed by atoms with Crippen molar-refractivity contribution in [1.29, 1.82) is 0 Å². The maximum absolute atomic E-state index is 9.12. The SMILES string of the molecule is COc1cc(/C=N/O)c(-c2cc3c(cc2/C=N/O)OCO3)c(OC)c1OC. The summed E-state index contributed by atoms with van der Waals surface area (Å²) in [6, 6.07) is 5.03. The number of ether oxygens (including phenoxy) is 5. The highest BCUT2D eigenvalue weighted by molar-refractivity contribution is 6.01. The Balaban J connectivity index is 2.39. The third kappa shape index (κ3) is 3.14. The van der Waals surface area contributed by atoms with Crippen LogP contribution < -0.4 is 23.7 Å². The normalized spacial score (nSPS) is 12.7. The van der Waals surface area contributed by atoms with Gasteiger partial charge in [-0.15, -0.1) is 0 Å². The molecule has 142 valence electrons. The first-order chi connectivity index (χ1) is 13.2. The average molecular weight is 374 g/mol. The molecule has 0 atom stereocenters. The Morgan fingerprint density at radius 2 is 1.48 bits per heavy atom. The Hall–Kier alpha value is -3.62. The van der Waals surface area contributed by atoms with Gasteiger partial charge < -0.3 is 34.1 Å². The zero-order valence-corrected chi connectivity index (χ0v) is 14.9. The first kappa shape index (κ1) is 18.2. The van der Waals surface area contributed by atoms with Gasteiger partial charge in [0, 0.05) is 16.7 Å². The molecule has 9 heteroatoms. The van der Waals surface area contributed by atoms with Crippen molar-refractivity contribution >= 4 is 12.4 Å². The van der Waals surface area contributed by atoms with Crippen LogP contribution >= 0.6 is 0 Å². The summed E-state index contributed by atoms with van der Waals surface area (Å²) in [5, 5.41) is 24.4. The van der Waals surface area contributed by atoms with Gasteiger partial charge in [0.1, 0.15) is 0 Å². The van der Waals surface area contributed by atoms with Gasteiger partial charge in [0.25, 0.3) is 0 Å². The molecule has 0 radical (unpaired) electrons. The summed E-state index contributed by atoms with van der Waals surface area (Å²) in [6.07, 6.45) is 2.50. The molecule has 0 saturated carbocycles. The predicted octanol–water partition coefficient (Wildman–Crippen LogP) is 2.72. The minimum atomic E-state index is 0.0858. The van der Waals surface area contributed by atoms with E-state index in [2.05, 4.69) is 10.3 Å². The number of fused-ring (bicyclic) bond motifs is 1. The number of nitrogens with zero attached hydrogens (tertiary/aromatic N) is 2. The molecule has 0 unspecified atom stereocenters. The van der Waals surface area contributed by atoms with Crippen LogP contribution in [-0.4, -0.2) is 51.0 Å². The lowest BCUT2D eigenvalue weighted by Crippen LogP contribution is -2.02. The number of methoxy groups -OCH3 is 3. The molecule has 0 aliphatic carbocycles. The molecule has 27 heavy (non-hydrogen) atoms. The molecule has 0 amide bonds. The van der Waals surface area contributed by atoms with E-state index >= 15 is 0 Å². The van der Waals surface area contributed by atoms with Crippen molar-refractivity contribution in [3.63, 3.8) is 0 Å². The van der Waals surface area contributed by atoms with Crippen LogP contribution in [0.25, 0.3) is 11.1 Å². The molecule has 2 N–H and O–H groups in total. The smallest absolute Gasteiger partial charge is 0.231 e. The molecule has 0 bridgehead atoms. The molecule has 1 aliphatic rings. The lowest BCUT2D eigenvalue weighted by atomic mass is 9.93. The minimum Gasteiger partial charge on any atom is -0.493 e. The second kappa shape index (κ2) is 7.73. The molecule has 2 aromatic carbocycles. The van der Waals surface area contributed by atoms with Gasteiger partial charge in [-0.2, -0.15) is 0 Å². The second-order valence-electron chi connectivity index (χ2n) is 5.39. The summed E-state index contributed by atoms with van der Waals surface area (Å²) in [6.45, 7) is 0.0858. The van der Waals surface area contributed by atoms with Crippen molar-refractivity contribution in [2.24, 2.45) is 10.3 Å². The predicted molar refractivity (Wildman–Crippen MR) is 96.4 cm³/mol. The molecule has 0 saturated heterocycles. The monoisotopic (exact) mass is 374 g/mol. The van der Waals surface area contributed by atoms with E-state index in [9.17, 15) is 0 Å². The van der Waals surface area contributed by atoms with Gasteiger partial charge in [0.15, 0.2) is 23.0 Å². The first-order valence-corrected chi connectivity index (χ1v) is 7.80. The van der Waals surface area contributed by atoms with Crippen molar-refractivity contribution in [1.82, 2.24) is 0 Å². The molecular weight excluding hydrogens is 356 g/mol. The Bertz CT molecular complexity index is 909. The van der Waals surface area contributed by atoms with E-state index in [1.54, 1.807) is 18.2 Å². The van der Waals surface area contributed by atoms with Gasteiger partial charge in [0.2, 0.25) is 12.5 Å². The van der Waals surface area contributed by atoms with Gasteiger partial charge >= 0.3 is 0 Å². The van der Waals surface area contributed by atoms with Crippen molar-refractivity contribution < 1.29 is 34.1 Å². The number of rotatable bonds is 6. The van der Waals surface area contributed by atoms with Crippen LogP contribution in [0.1, 0.15) is 11.1 Å². The van der Waals surface area contributed by atoms with Gasteiger partial charge in [0.05, 0.1) is 33.8 Å². The van der Waals surface area contributed by atoms with Crippen LogP contribution in [0.15, 0.2) is 28.5 Å². The fraction of sp³-hybridized carbons (Fsp3) is 0.222. The van der Waals surface area contributed by atoms with E-state index in [0.717, 1.165) is 0 Å². The van der Waals surface area contributed by atoms with Crippen LogP contribution in [0.5, 0.6) is 28.7 Å². The van der Waals surface area contributed by atoms with Gasteiger partial charge in [-0.25, -0.2) is 0 Å². The van der Waals surface area contributed by atoms with Crippen molar-refractivity contribution in [3.8, 4) is 39.9 Å². The number of oxime groups is 2. The number of benzene rings is 2. The van der Waals surface area contributed by atoms with Crippen molar-refractivity contribution in [3.05, 3.63) is 29.3 Å². The second-order valence-corrected chi connectivity index (χ2v) is 5.39. The standard InChI is InChI=1S/C18H18N2O7/c1-23-15-5-11(8-20-22)16(18(25-3)17(15)24-2)12-6-14-13(26-9-27-14)4-10(12)7-19-21/h4-8,21-22H,9H2,1-3H3/b19-7+,20-8+. The third-order valence-electron chi connectivity index (χ3n) is 4.07. The fourth-order valence-electron chi connectivity index (χ4n) is 2.96. The molecule has 0 fully saturated rings. The molecule has 3 rings (SSSR count). The van der Waals surface area contributed by atoms with Crippen LogP contribution in [0.3, 0.4) is 0 Å². The van der Waals surface area contributed by atoms with Gasteiger partial charge in [-0.1, -0.05) is 10.3 Å². The largest absolute Gasteiger partial charge is 0.493 e. The highest BCUT2D eigenvalue weighted by Crippen LogP contribution is 2.49. The van der Waals surface area contributed by atoms with Crippen molar-refractivity contribution in [2.75, 3.05) is 28.1 Å². The molecule has 2 aromatic rings. The van der Waals surface area contributed by atoms with Gasteiger partial charge in [-0.3, -0.25) is 0 Å². The summed E-state index contributed by atoms with van der Waals surface area (Å²) in [5.74, 6) is 2.13. The van der Waals surface area contributed by atoms with Crippen LogP contribution in [-0.2, 0) is 0 Å². The quantitative estimate of drug-likeness (QED) is 0.454. The molecule has 0 aromatic heterocycles. The average Bonchev–Trinajstić information content (AvgIpc) is 3.14. The Labute approximate surface area is 155 Å².